The molecule has 3 aromatic rings. The molecule has 11 heteroatoms. The van der Waals surface area contributed by atoms with Gasteiger partial charge in [-0.05, 0) is 18.6 Å². The van der Waals surface area contributed by atoms with Crippen molar-refractivity contribution in [2.75, 3.05) is 42.3 Å². The first-order valence-corrected chi connectivity index (χ1v) is 12.4. The number of hydrogen-bond acceptors (Lipinski definition) is 7. The topological polar surface area (TPSA) is 103 Å². The molecule has 0 spiro atoms. The van der Waals surface area contributed by atoms with Crippen molar-refractivity contribution in [2.45, 2.75) is 31.5 Å². The Hall–Kier alpha value is -3.05. The summed E-state index contributed by atoms with van der Waals surface area (Å²) in [5.74, 6) is -0.0390. The van der Waals surface area contributed by atoms with Crippen LogP contribution in [0.4, 0.5) is 11.4 Å². The highest BCUT2D eigenvalue weighted by Crippen LogP contribution is 2.27. The average Bonchev–Trinajstić information content (AvgIpc) is 3.23. The SMILES string of the molecule is CCCCn1c(SCC(=O)Nc2ccccc2N2CCOCC2)nc2c1c(=O)n(C)c(=O)n2C. The van der Waals surface area contributed by atoms with Crippen LogP contribution >= 0.6 is 11.8 Å². The lowest BCUT2D eigenvalue weighted by atomic mass is 10.2. The van der Waals surface area contributed by atoms with Gasteiger partial charge in [-0.25, -0.2) is 9.78 Å². The molecule has 10 nitrogen and oxygen atoms in total. The number of carbonyl (C=O) groups excluding carboxylic acids is 1. The van der Waals surface area contributed by atoms with E-state index in [9.17, 15) is 14.4 Å². The van der Waals surface area contributed by atoms with Crippen LogP contribution in [0.2, 0.25) is 0 Å². The molecule has 4 rings (SSSR count). The van der Waals surface area contributed by atoms with Gasteiger partial charge >= 0.3 is 5.69 Å². The number of benzene rings is 1. The van der Waals surface area contributed by atoms with E-state index in [2.05, 4.69) is 22.1 Å². The molecular formula is C23H30N6O4S. The van der Waals surface area contributed by atoms with Crippen LogP contribution in [0.25, 0.3) is 11.2 Å². The van der Waals surface area contributed by atoms with Gasteiger partial charge in [0.05, 0.1) is 30.3 Å². The lowest BCUT2D eigenvalue weighted by Crippen LogP contribution is -2.37. The standard InChI is InChI=1S/C23H30N6O4S/c1-4-5-10-29-19-20(26(2)23(32)27(3)21(19)31)25-22(29)34-15-18(30)24-16-8-6-7-9-17(16)28-11-13-33-14-12-28/h6-9H,4-5,10-15H2,1-3H3,(H,24,30). The molecule has 0 aliphatic carbocycles. The number of nitrogens with one attached hydrogen (secondary N) is 1. The maximum absolute atomic E-state index is 12.9. The van der Waals surface area contributed by atoms with E-state index < -0.39 is 5.69 Å². The van der Waals surface area contributed by atoms with Gasteiger partial charge in [-0.3, -0.25) is 18.7 Å². The predicted octanol–water partition coefficient (Wildman–Crippen LogP) is 1.80. The Morgan fingerprint density at radius 1 is 1.15 bits per heavy atom. The molecule has 0 unspecified atom stereocenters. The van der Waals surface area contributed by atoms with Crippen LogP contribution in [0, 0.1) is 0 Å². The van der Waals surface area contributed by atoms with Crippen LogP contribution in [0.3, 0.4) is 0 Å². The van der Waals surface area contributed by atoms with Crippen LogP contribution in [-0.4, -0.2) is 56.6 Å². The Morgan fingerprint density at radius 3 is 2.62 bits per heavy atom. The molecule has 0 saturated carbocycles. The maximum atomic E-state index is 12.9. The number of para-hydroxylation sites is 2. The monoisotopic (exact) mass is 486 g/mol. The minimum absolute atomic E-state index is 0.126. The summed E-state index contributed by atoms with van der Waals surface area (Å²) >= 11 is 1.26. The fourth-order valence-corrected chi connectivity index (χ4v) is 4.86. The van der Waals surface area contributed by atoms with Crippen molar-refractivity contribution in [2.24, 2.45) is 14.1 Å². The van der Waals surface area contributed by atoms with Gasteiger partial charge in [0.25, 0.3) is 5.56 Å². The lowest BCUT2D eigenvalue weighted by molar-refractivity contribution is -0.113. The number of aromatic nitrogens is 4. The van der Waals surface area contributed by atoms with Gasteiger partial charge in [-0.1, -0.05) is 37.2 Å². The van der Waals surface area contributed by atoms with Gasteiger partial charge in [0, 0.05) is 33.7 Å². The molecule has 34 heavy (non-hydrogen) atoms. The minimum atomic E-state index is -0.424. The van der Waals surface area contributed by atoms with Gasteiger partial charge in [0.15, 0.2) is 16.3 Å². The highest BCUT2D eigenvalue weighted by Gasteiger charge is 2.21. The third-order valence-corrected chi connectivity index (χ3v) is 6.89. The number of hydrogen-bond donors (Lipinski definition) is 1. The van der Waals surface area contributed by atoms with E-state index in [1.54, 1.807) is 7.05 Å². The Kier molecular flexibility index (Phi) is 7.42. The zero-order valence-corrected chi connectivity index (χ0v) is 20.6. The normalized spacial score (nSPS) is 14.0. The van der Waals surface area contributed by atoms with Crippen molar-refractivity contribution in [1.29, 1.82) is 0 Å². The number of amides is 1. The summed E-state index contributed by atoms with van der Waals surface area (Å²) in [5.41, 5.74) is 1.65. The van der Waals surface area contributed by atoms with Crippen LogP contribution in [0.1, 0.15) is 19.8 Å². The number of rotatable bonds is 8. The highest BCUT2D eigenvalue weighted by atomic mass is 32.2. The maximum Gasteiger partial charge on any atom is 0.332 e. The summed E-state index contributed by atoms with van der Waals surface area (Å²) in [6.07, 6.45) is 1.79. The zero-order valence-electron chi connectivity index (χ0n) is 19.7. The number of ether oxygens (including phenoxy) is 1. The van der Waals surface area contributed by atoms with Gasteiger partial charge in [0.1, 0.15) is 0 Å². The van der Waals surface area contributed by atoms with E-state index in [0.29, 0.717) is 36.1 Å². The summed E-state index contributed by atoms with van der Waals surface area (Å²) in [6, 6.07) is 7.74. The number of fused-ring (bicyclic) bond motifs is 1. The molecule has 182 valence electrons. The smallest absolute Gasteiger partial charge is 0.332 e. The number of imidazole rings is 1. The fourth-order valence-electron chi connectivity index (χ4n) is 4.04. The van der Waals surface area contributed by atoms with Crippen LogP contribution < -0.4 is 21.5 Å². The zero-order chi connectivity index (χ0) is 24.2. The molecule has 0 radical (unpaired) electrons. The van der Waals surface area contributed by atoms with E-state index in [1.165, 1.54) is 23.4 Å². The van der Waals surface area contributed by atoms with Crippen LogP contribution in [-0.2, 0) is 30.2 Å². The molecule has 1 aliphatic heterocycles. The van der Waals surface area contributed by atoms with Crippen LogP contribution in [0.5, 0.6) is 0 Å². The Bertz CT molecular complexity index is 1310. The van der Waals surface area contributed by atoms with Gasteiger partial charge in [-0.15, -0.1) is 0 Å². The van der Waals surface area contributed by atoms with Crippen molar-refractivity contribution in [3.63, 3.8) is 0 Å². The molecule has 0 atom stereocenters. The lowest BCUT2D eigenvalue weighted by Gasteiger charge is -2.30. The van der Waals surface area contributed by atoms with Gasteiger partial charge < -0.3 is 19.5 Å². The summed E-state index contributed by atoms with van der Waals surface area (Å²) in [7, 11) is 3.07. The summed E-state index contributed by atoms with van der Waals surface area (Å²) in [6.45, 7) is 5.53. The summed E-state index contributed by atoms with van der Waals surface area (Å²) < 4.78 is 9.74. The minimum Gasteiger partial charge on any atom is -0.378 e. The van der Waals surface area contributed by atoms with E-state index in [-0.39, 0.29) is 17.2 Å². The van der Waals surface area contributed by atoms with E-state index >= 15 is 0 Å². The summed E-state index contributed by atoms with van der Waals surface area (Å²) in [5, 5.41) is 3.57. The second-order valence-corrected chi connectivity index (χ2v) is 9.17. The highest BCUT2D eigenvalue weighted by molar-refractivity contribution is 7.99. The number of morpholine rings is 1. The summed E-state index contributed by atoms with van der Waals surface area (Å²) in [4.78, 5) is 44.9. The van der Waals surface area contributed by atoms with Gasteiger partial charge in [0.2, 0.25) is 5.91 Å². The molecule has 1 saturated heterocycles. The fraction of sp³-hybridized carbons (Fsp3) is 0.478. The Labute approximate surface area is 201 Å². The molecule has 3 heterocycles. The molecule has 1 aromatic carbocycles. The molecular weight excluding hydrogens is 456 g/mol. The van der Waals surface area contributed by atoms with E-state index in [1.807, 2.05) is 28.8 Å². The quantitative estimate of drug-likeness (QED) is 0.484. The van der Waals surface area contributed by atoms with Gasteiger partial charge in [-0.2, -0.15) is 0 Å². The number of carbonyl (C=O) groups is 1. The number of anilines is 2. The van der Waals surface area contributed by atoms with Crippen molar-refractivity contribution in [3.8, 4) is 0 Å². The second-order valence-electron chi connectivity index (χ2n) is 8.23. The molecule has 1 amide bonds. The van der Waals surface area contributed by atoms with Crippen molar-refractivity contribution >= 4 is 40.2 Å². The second kappa shape index (κ2) is 10.5. The first kappa shape index (κ1) is 24.1. The molecule has 1 aliphatic rings. The molecule has 0 bridgehead atoms. The number of nitrogens with zero attached hydrogens (tertiary/aromatic N) is 5. The Morgan fingerprint density at radius 2 is 1.88 bits per heavy atom. The Balaban J connectivity index is 1.56. The van der Waals surface area contributed by atoms with Crippen LogP contribution in [0.15, 0.2) is 39.0 Å². The number of unbranched alkanes of at least 4 members (excludes halogenated alkanes) is 1. The third-order valence-electron chi connectivity index (χ3n) is 5.91. The van der Waals surface area contributed by atoms with E-state index in [4.69, 9.17) is 4.74 Å². The van der Waals surface area contributed by atoms with Crippen molar-refractivity contribution < 1.29 is 9.53 Å². The average molecular weight is 487 g/mol. The third kappa shape index (κ3) is 4.76. The molecule has 1 N–H and O–H groups in total. The molecule has 2 aromatic heterocycles. The molecule has 1 fully saturated rings. The van der Waals surface area contributed by atoms with Crippen molar-refractivity contribution in [1.82, 2.24) is 18.7 Å². The predicted molar refractivity (Wildman–Crippen MR) is 134 cm³/mol. The number of aryl methyl sites for hydroxylation is 2. The van der Waals surface area contributed by atoms with E-state index in [0.717, 1.165) is 41.9 Å². The largest absolute Gasteiger partial charge is 0.378 e. The first-order valence-electron chi connectivity index (χ1n) is 11.4. The van der Waals surface area contributed by atoms with Crippen molar-refractivity contribution in [3.05, 3.63) is 45.1 Å². The number of thioether (sulfide) groups is 1. The first-order chi connectivity index (χ1) is 16.4.